The zero-order valence-electron chi connectivity index (χ0n) is 10.2. The lowest BCUT2D eigenvalue weighted by molar-refractivity contribution is 0.0601. The number of hydrogen-bond donors (Lipinski definition) is 0. The van der Waals surface area contributed by atoms with Crippen LogP contribution in [0.1, 0.15) is 16.1 Å². The summed E-state index contributed by atoms with van der Waals surface area (Å²) in [5, 5.41) is 7.92. The minimum absolute atomic E-state index is 0.361. The van der Waals surface area contributed by atoms with Crippen molar-refractivity contribution in [1.29, 1.82) is 0 Å². The van der Waals surface area contributed by atoms with Crippen LogP contribution >= 0.6 is 0 Å². The number of rotatable bonds is 4. The summed E-state index contributed by atoms with van der Waals surface area (Å²) >= 11 is 0. The summed E-state index contributed by atoms with van der Waals surface area (Å²) in [6.45, 7) is 0.417. The fourth-order valence-corrected chi connectivity index (χ4v) is 1.51. The van der Waals surface area contributed by atoms with Gasteiger partial charge in [0.15, 0.2) is 0 Å². The van der Waals surface area contributed by atoms with Crippen molar-refractivity contribution in [2.45, 2.75) is 6.61 Å². The molecule has 0 radical (unpaired) electrons. The molecule has 2 rings (SSSR count). The van der Waals surface area contributed by atoms with Gasteiger partial charge in [-0.2, -0.15) is 0 Å². The summed E-state index contributed by atoms with van der Waals surface area (Å²) < 4.78 is 11.2. The average molecular weight is 247 g/mol. The molecule has 0 fully saturated rings. The lowest BCUT2D eigenvalue weighted by Crippen LogP contribution is -2.02. The second-order valence-corrected chi connectivity index (χ2v) is 3.63. The van der Waals surface area contributed by atoms with E-state index in [0.717, 1.165) is 11.4 Å². The highest BCUT2D eigenvalue weighted by Gasteiger charge is 2.06. The van der Waals surface area contributed by atoms with Gasteiger partial charge in [0.25, 0.3) is 0 Å². The molecule has 0 aliphatic rings. The molecule has 0 aliphatic heterocycles. The fourth-order valence-electron chi connectivity index (χ4n) is 1.51. The molecule has 18 heavy (non-hydrogen) atoms. The highest BCUT2D eigenvalue weighted by Crippen LogP contribution is 2.10. The molecule has 0 amide bonds. The van der Waals surface area contributed by atoms with Crippen molar-refractivity contribution in [3.63, 3.8) is 0 Å². The molecule has 94 valence electrons. The van der Waals surface area contributed by atoms with Crippen molar-refractivity contribution in [2.75, 3.05) is 14.2 Å². The fraction of sp³-hybridized carbons (Fsp3) is 0.250. The van der Waals surface area contributed by atoms with E-state index in [0.29, 0.717) is 12.2 Å². The second-order valence-electron chi connectivity index (χ2n) is 3.63. The van der Waals surface area contributed by atoms with Crippen LogP contribution in [0, 0.1) is 0 Å². The molecule has 6 nitrogen and oxygen atoms in total. The van der Waals surface area contributed by atoms with Gasteiger partial charge < -0.3 is 9.47 Å². The van der Waals surface area contributed by atoms with Crippen molar-refractivity contribution >= 4 is 5.97 Å². The zero-order chi connectivity index (χ0) is 13.0. The van der Waals surface area contributed by atoms with E-state index < -0.39 is 0 Å². The number of aromatic nitrogens is 3. The lowest BCUT2D eigenvalue weighted by Gasteiger charge is -2.02. The third-order valence-corrected chi connectivity index (χ3v) is 2.39. The summed E-state index contributed by atoms with van der Waals surface area (Å²) in [7, 11) is 2.95. The van der Waals surface area contributed by atoms with Crippen LogP contribution in [0.15, 0.2) is 30.5 Å². The first-order chi connectivity index (χ1) is 8.74. The Kier molecular flexibility index (Phi) is 3.69. The number of carbonyl (C=O) groups is 1. The predicted octanol–water partition coefficient (Wildman–Crippen LogP) is 1.20. The molecule has 0 bridgehead atoms. The van der Waals surface area contributed by atoms with Crippen LogP contribution in [0.2, 0.25) is 0 Å². The highest BCUT2D eigenvalue weighted by atomic mass is 16.5. The van der Waals surface area contributed by atoms with Crippen LogP contribution in [0.25, 0.3) is 5.69 Å². The van der Waals surface area contributed by atoms with E-state index >= 15 is 0 Å². The maximum atomic E-state index is 11.3. The molecular weight excluding hydrogens is 234 g/mol. The van der Waals surface area contributed by atoms with Gasteiger partial charge in [-0.15, -0.1) is 5.10 Å². The third-order valence-electron chi connectivity index (χ3n) is 2.39. The number of nitrogens with zero attached hydrogens (tertiary/aromatic N) is 3. The molecule has 1 heterocycles. The largest absolute Gasteiger partial charge is 0.465 e. The van der Waals surface area contributed by atoms with Crippen molar-refractivity contribution in [1.82, 2.24) is 15.0 Å². The lowest BCUT2D eigenvalue weighted by atomic mass is 10.2. The minimum Gasteiger partial charge on any atom is -0.465 e. The smallest absolute Gasteiger partial charge is 0.337 e. The van der Waals surface area contributed by atoms with Crippen LogP contribution in [0.5, 0.6) is 0 Å². The van der Waals surface area contributed by atoms with E-state index in [1.807, 2.05) is 0 Å². The van der Waals surface area contributed by atoms with Gasteiger partial charge >= 0.3 is 5.97 Å². The van der Waals surface area contributed by atoms with E-state index in [4.69, 9.17) is 4.74 Å². The van der Waals surface area contributed by atoms with Crippen LogP contribution < -0.4 is 0 Å². The maximum Gasteiger partial charge on any atom is 0.337 e. The molecule has 0 unspecified atom stereocenters. The zero-order valence-corrected chi connectivity index (χ0v) is 10.2. The van der Waals surface area contributed by atoms with Gasteiger partial charge in [-0.25, -0.2) is 9.48 Å². The molecule has 0 aliphatic carbocycles. The normalized spacial score (nSPS) is 10.3. The Morgan fingerprint density at radius 1 is 1.28 bits per heavy atom. The van der Waals surface area contributed by atoms with E-state index in [2.05, 4.69) is 15.0 Å². The molecule has 0 spiro atoms. The van der Waals surface area contributed by atoms with Crippen molar-refractivity contribution < 1.29 is 14.3 Å². The van der Waals surface area contributed by atoms with Crippen molar-refractivity contribution in [3.8, 4) is 5.69 Å². The summed E-state index contributed by atoms with van der Waals surface area (Å²) in [6, 6.07) is 6.91. The SMILES string of the molecule is COCc1cn(-c2ccc(C(=O)OC)cc2)nn1. The number of esters is 1. The van der Waals surface area contributed by atoms with E-state index in [9.17, 15) is 4.79 Å². The van der Waals surface area contributed by atoms with Crippen LogP contribution in [-0.4, -0.2) is 35.2 Å². The highest BCUT2D eigenvalue weighted by molar-refractivity contribution is 5.89. The van der Waals surface area contributed by atoms with Gasteiger partial charge in [0, 0.05) is 7.11 Å². The molecule has 6 heteroatoms. The molecule has 1 aromatic carbocycles. The topological polar surface area (TPSA) is 66.2 Å². The molecular formula is C12H13N3O3. The van der Waals surface area contributed by atoms with Gasteiger partial charge in [0.05, 0.1) is 31.2 Å². The molecule has 0 N–H and O–H groups in total. The van der Waals surface area contributed by atoms with E-state index in [1.54, 1.807) is 42.3 Å². The Bertz CT molecular complexity index is 534. The average Bonchev–Trinajstić information content (AvgIpc) is 2.87. The van der Waals surface area contributed by atoms with Gasteiger partial charge in [-0.05, 0) is 24.3 Å². The molecule has 0 saturated heterocycles. The first-order valence-electron chi connectivity index (χ1n) is 5.33. The van der Waals surface area contributed by atoms with Crippen LogP contribution in [0.4, 0.5) is 0 Å². The molecule has 1 aromatic heterocycles. The Morgan fingerprint density at radius 2 is 2.00 bits per heavy atom. The third kappa shape index (κ3) is 2.54. The second kappa shape index (κ2) is 5.42. The summed E-state index contributed by atoms with van der Waals surface area (Å²) in [4.78, 5) is 11.3. The van der Waals surface area contributed by atoms with Gasteiger partial charge in [0.1, 0.15) is 5.69 Å². The molecule has 0 saturated carbocycles. The number of hydrogen-bond acceptors (Lipinski definition) is 5. The predicted molar refractivity (Wildman–Crippen MR) is 63.4 cm³/mol. The van der Waals surface area contributed by atoms with Crippen LogP contribution in [-0.2, 0) is 16.1 Å². The van der Waals surface area contributed by atoms with Crippen molar-refractivity contribution in [2.24, 2.45) is 0 Å². The monoisotopic (exact) mass is 247 g/mol. The number of ether oxygens (including phenoxy) is 2. The van der Waals surface area contributed by atoms with E-state index in [1.165, 1.54) is 7.11 Å². The summed E-state index contributed by atoms with van der Waals surface area (Å²) in [6.07, 6.45) is 1.77. The van der Waals surface area contributed by atoms with Gasteiger partial charge in [-0.1, -0.05) is 5.21 Å². The van der Waals surface area contributed by atoms with E-state index in [-0.39, 0.29) is 5.97 Å². The summed E-state index contributed by atoms with van der Waals surface area (Å²) in [5.74, 6) is -0.361. The molecule has 0 atom stereocenters. The quantitative estimate of drug-likeness (QED) is 0.759. The Hall–Kier alpha value is -2.21. The Balaban J connectivity index is 2.20. The molecule has 2 aromatic rings. The van der Waals surface area contributed by atoms with Crippen molar-refractivity contribution in [3.05, 3.63) is 41.7 Å². The summed E-state index contributed by atoms with van der Waals surface area (Å²) in [5.41, 5.74) is 2.06. The Morgan fingerprint density at radius 3 is 2.61 bits per heavy atom. The number of benzene rings is 1. The van der Waals surface area contributed by atoms with Crippen LogP contribution in [0.3, 0.4) is 0 Å². The standard InChI is InChI=1S/C12H13N3O3/c1-17-8-10-7-15(14-13-10)11-5-3-9(4-6-11)12(16)18-2/h3-7H,8H2,1-2H3. The Labute approximate surface area is 104 Å². The van der Waals surface area contributed by atoms with Gasteiger partial charge in [0.2, 0.25) is 0 Å². The minimum atomic E-state index is -0.361. The number of methoxy groups -OCH3 is 2. The van der Waals surface area contributed by atoms with Gasteiger partial charge in [-0.3, -0.25) is 0 Å². The maximum absolute atomic E-state index is 11.3. The first-order valence-corrected chi connectivity index (χ1v) is 5.33. The number of carbonyl (C=O) groups excluding carboxylic acids is 1. The first kappa shape index (κ1) is 12.3.